The summed E-state index contributed by atoms with van der Waals surface area (Å²) in [5, 5.41) is 5.84. The van der Waals surface area contributed by atoms with Crippen LogP contribution in [-0.2, 0) is 0 Å². The van der Waals surface area contributed by atoms with Gasteiger partial charge < -0.3 is 10.6 Å². The van der Waals surface area contributed by atoms with Gasteiger partial charge in [0.15, 0.2) is 0 Å². The molecule has 1 atom stereocenters. The standard InChI is InChI=1S/C10H18N2O/c13-10-11-7-9(12-10)8-5-3-1-2-4-6-8/h8-9H,1-7H2,(H2,11,12,13). The quantitative estimate of drug-likeness (QED) is 0.595. The zero-order valence-corrected chi connectivity index (χ0v) is 8.01. The van der Waals surface area contributed by atoms with Crippen molar-refractivity contribution in [3.05, 3.63) is 0 Å². The number of hydrogen-bond donors (Lipinski definition) is 2. The van der Waals surface area contributed by atoms with Gasteiger partial charge in [-0.05, 0) is 18.8 Å². The third-order valence-corrected chi connectivity index (χ3v) is 3.27. The highest BCUT2D eigenvalue weighted by Crippen LogP contribution is 2.26. The van der Waals surface area contributed by atoms with Crippen molar-refractivity contribution in [2.45, 2.75) is 44.6 Å². The molecule has 0 radical (unpaired) electrons. The molecule has 1 aliphatic heterocycles. The molecule has 13 heavy (non-hydrogen) atoms. The first-order valence-electron chi connectivity index (χ1n) is 5.40. The van der Waals surface area contributed by atoms with Crippen LogP contribution in [0.1, 0.15) is 38.5 Å². The predicted molar refractivity (Wildman–Crippen MR) is 51.5 cm³/mol. The molecule has 3 heteroatoms. The van der Waals surface area contributed by atoms with Gasteiger partial charge in [-0.25, -0.2) is 4.79 Å². The minimum absolute atomic E-state index is 0.0225. The van der Waals surface area contributed by atoms with Gasteiger partial charge in [0.2, 0.25) is 0 Å². The van der Waals surface area contributed by atoms with Crippen molar-refractivity contribution in [2.24, 2.45) is 5.92 Å². The molecule has 3 nitrogen and oxygen atoms in total. The second-order valence-electron chi connectivity index (χ2n) is 4.21. The van der Waals surface area contributed by atoms with Gasteiger partial charge in [0, 0.05) is 6.54 Å². The fourth-order valence-corrected chi connectivity index (χ4v) is 2.47. The molecule has 0 spiro atoms. The SMILES string of the molecule is O=C1NCC(C2CCCCCC2)N1. The van der Waals surface area contributed by atoms with Gasteiger partial charge in [0.1, 0.15) is 0 Å². The van der Waals surface area contributed by atoms with Crippen molar-refractivity contribution in [3.63, 3.8) is 0 Å². The first kappa shape index (κ1) is 8.85. The maximum absolute atomic E-state index is 11.0. The Morgan fingerprint density at radius 1 is 1.08 bits per heavy atom. The van der Waals surface area contributed by atoms with Crippen LogP contribution in [-0.4, -0.2) is 18.6 Å². The molecule has 0 aromatic rings. The van der Waals surface area contributed by atoms with Crippen LogP contribution in [0.25, 0.3) is 0 Å². The van der Waals surface area contributed by atoms with Crippen LogP contribution in [0.3, 0.4) is 0 Å². The summed E-state index contributed by atoms with van der Waals surface area (Å²) in [6.07, 6.45) is 8.04. The summed E-state index contributed by atoms with van der Waals surface area (Å²) in [5.41, 5.74) is 0. The van der Waals surface area contributed by atoms with Gasteiger partial charge >= 0.3 is 6.03 Å². The molecule has 1 saturated heterocycles. The lowest BCUT2D eigenvalue weighted by molar-refractivity contribution is 0.245. The zero-order valence-electron chi connectivity index (χ0n) is 8.01. The van der Waals surface area contributed by atoms with E-state index in [0.717, 1.165) is 12.5 Å². The first-order chi connectivity index (χ1) is 6.36. The molecule has 0 bridgehead atoms. The van der Waals surface area contributed by atoms with Crippen LogP contribution in [0.5, 0.6) is 0 Å². The molecule has 2 rings (SSSR count). The topological polar surface area (TPSA) is 41.1 Å². The summed E-state index contributed by atoms with van der Waals surface area (Å²) >= 11 is 0. The monoisotopic (exact) mass is 182 g/mol. The molecule has 74 valence electrons. The van der Waals surface area contributed by atoms with Crippen LogP contribution >= 0.6 is 0 Å². The fraction of sp³-hybridized carbons (Fsp3) is 0.900. The van der Waals surface area contributed by atoms with Crippen molar-refractivity contribution in [2.75, 3.05) is 6.54 Å². The van der Waals surface area contributed by atoms with Crippen LogP contribution in [0.2, 0.25) is 0 Å². The molecule has 2 fully saturated rings. The first-order valence-corrected chi connectivity index (χ1v) is 5.40. The Morgan fingerprint density at radius 2 is 1.77 bits per heavy atom. The largest absolute Gasteiger partial charge is 0.336 e. The van der Waals surface area contributed by atoms with E-state index < -0.39 is 0 Å². The smallest absolute Gasteiger partial charge is 0.315 e. The molecule has 2 aliphatic rings. The average Bonchev–Trinajstić information content (AvgIpc) is 2.43. The number of carbonyl (C=O) groups is 1. The summed E-state index contributed by atoms with van der Waals surface area (Å²) in [4.78, 5) is 11.0. The van der Waals surface area contributed by atoms with E-state index in [-0.39, 0.29) is 6.03 Å². The zero-order chi connectivity index (χ0) is 9.10. The molecule has 1 heterocycles. The lowest BCUT2D eigenvalue weighted by Gasteiger charge is -2.20. The van der Waals surface area contributed by atoms with Gasteiger partial charge in [-0.15, -0.1) is 0 Å². The van der Waals surface area contributed by atoms with Crippen molar-refractivity contribution in [1.29, 1.82) is 0 Å². The van der Waals surface area contributed by atoms with Gasteiger partial charge in [-0.1, -0.05) is 25.7 Å². The molecule has 0 aromatic carbocycles. The van der Waals surface area contributed by atoms with Crippen molar-refractivity contribution in [1.82, 2.24) is 10.6 Å². The second-order valence-corrected chi connectivity index (χ2v) is 4.21. The summed E-state index contributed by atoms with van der Waals surface area (Å²) in [5.74, 6) is 0.724. The number of urea groups is 1. The third kappa shape index (κ3) is 2.14. The van der Waals surface area contributed by atoms with E-state index in [9.17, 15) is 4.79 Å². The van der Waals surface area contributed by atoms with Gasteiger partial charge in [-0.3, -0.25) is 0 Å². The van der Waals surface area contributed by atoms with E-state index in [0.29, 0.717) is 6.04 Å². The Morgan fingerprint density at radius 3 is 2.31 bits per heavy atom. The van der Waals surface area contributed by atoms with E-state index >= 15 is 0 Å². The highest BCUT2D eigenvalue weighted by Gasteiger charge is 2.28. The predicted octanol–water partition coefficient (Wildman–Crippen LogP) is 1.64. The molecule has 2 N–H and O–H groups in total. The summed E-state index contributed by atoms with van der Waals surface area (Å²) in [7, 11) is 0. The average molecular weight is 182 g/mol. The molecular formula is C10H18N2O. The van der Waals surface area contributed by atoms with E-state index in [2.05, 4.69) is 10.6 Å². The van der Waals surface area contributed by atoms with E-state index in [1.165, 1.54) is 38.5 Å². The minimum Gasteiger partial charge on any atom is -0.336 e. The lowest BCUT2D eigenvalue weighted by atomic mass is 9.92. The molecular weight excluding hydrogens is 164 g/mol. The second kappa shape index (κ2) is 3.99. The number of hydrogen-bond acceptors (Lipinski definition) is 1. The van der Waals surface area contributed by atoms with E-state index in [4.69, 9.17) is 0 Å². The number of nitrogens with one attached hydrogen (secondary N) is 2. The molecule has 1 unspecified atom stereocenters. The Kier molecular flexibility index (Phi) is 2.71. The number of amides is 2. The van der Waals surface area contributed by atoms with Crippen molar-refractivity contribution >= 4 is 6.03 Å². The number of carbonyl (C=O) groups excluding carboxylic acids is 1. The number of rotatable bonds is 1. The van der Waals surface area contributed by atoms with Gasteiger partial charge in [0.25, 0.3) is 0 Å². The highest BCUT2D eigenvalue weighted by atomic mass is 16.2. The van der Waals surface area contributed by atoms with Gasteiger partial charge in [-0.2, -0.15) is 0 Å². The Bertz CT molecular complexity index is 185. The normalized spacial score (nSPS) is 30.8. The third-order valence-electron chi connectivity index (χ3n) is 3.27. The van der Waals surface area contributed by atoms with E-state index in [1.807, 2.05) is 0 Å². The van der Waals surface area contributed by atoms with Crippen LogP contribution < -0.4 is 10.6 Å². The van der Waals surface area contributed by atoms with Crippen molar-refractivity contribution in [3.8, 4) is 0 Å². The van der Waals surface area contributed by atoms with Gasteiger partial charge in [0.05, 0.1) is 6.04 Å². The fourth-order valence-electron chi connectivity index (χ4n) is 2.47. The lowest BCUT2D eigenvalue weighted by Crippen LogP contribution is -2.33. The Labute approximate surface area is 79.3 Å². The Hall–Kier alpha value is -0.730. The highest BCUT2D eigenvalue weighted by molar-refractivity contribution is 5.76. The van der Waals surface area contributed by atoms with Crippen molar-refractivity contribution < 1.29 is 4.79 Å². The summed E-state index contributed by atoms with van der Waals surface area (Å²) in [6, 6.07) is 0.430. The molecule has 0 aromatic heterocycles. The molecule has 1 saturated carbocycles. The molecule has 1 aliphatic carbocycles. The maximum atomic E-state index is 11.0. The summed E-state index contributed by atoms with van der Waals surface area (Å²) < 4.78 is 0. The Balaban J connectivity index is 1.87. The van der Waals surface area contributed by atoms with Crippen LogP contribution in [0, 0.1) is 5.92 Å². The minimum atomic E-state index is 0.0225. The van der Waals surface area contributed by atoms with Crippen LogP contribution in [0.15, 0.2) is 0 Å². The molecule has 2 amide bonds. The van der Waals surface area contributed by atoms with Crippen LogP contribution in [0.4, 0.5) is 4.79 Å². The maximum Gasteiger partial charge on any atom is 0.315 e. The summed E-state index contributed by atoms with van der Waals surface area (Å²) in [6.45, 7) is 0.837. The van der Waals surface area contributed by atoms with E-state index in [1.54, 1.807) is 0 Å².